The van der Waals surface area contributed by atoms with Crippen LogP contribution in [0.5, 0.6) is 11.5 Å². The summed E-state index contributed by atoms with van der Waals surface area (Å²) in [7, 11) is 1.54. The minimum atomic E-state index is -4.48. The molecule has 0 aliphatic carbocycles. The van der Waals surface area contributed by atoms with E-state index in [2.05, 4.69) is 15.3 Å². The van der Waals surface area contributed by atoms with Gasteiger partial charge in [0.2, 0.25) is 0 Å². The van der Waals surface area contributed by atoms with E-state index >= 15 is 0 Å². The zero-order chi connectivity index (χ0) is 22.9. The van der Waals surface area contributed by atoms with Crippen molar-refractivity contribution in [1.82, 2.24) is 9.97 Å². The van der Waals surface area contributed by atoms with E-state index in [9.17, 15) is 13.2 Å². The van der Waals surface area contributed by atoms with E-state index in [4.69, 9.17) is 15.2 Å². The molecule has 31 heavy (non-hydrogen) atoms. The SMILES string of the molecule is COc1cc2nc(C)nc(N[C@H](C)c3cc(N)cc(C(F)(F)F)c3)c2cc1OC(C)C. The van der Waals surface area contributed by atoms with Crippen LogP contribution in [0.1, 0.15) is 43.8 Å². The highest BCUT2D eigenvalue weighted by molar-refractivity contribution is 5.92. The maximum absolute atomic E-state index is 13.2. The van der Waals surface area contributed by atoms with E-state index in [0.717, 1.165) is 12.1 Å². The van der Waals surface area contributed by atoms with Crippen LogP contribution in [-0.2, 0) is 6.18 Å². The number of ether oxygens (including phenoxy) is 2. The van der Waals surface area contributed by atoms with E-state index in [1.165, 1.54) is 6.07 Å². The van der Waals surface area contributed by atoms with Crippen molar-refractivity contribution < 1.29 is 22.6 Å². The zero-order valence-corrected chi connectivity index (χ0v) is 18.0. The Balaban J connectivity index is 2.05. The van der Waals surface area contributed by atoms with Crippen LogP contribution in [0.2, 0.25) is 0 Å². The lowest BCUT2D eigenvalue weighted by molar-refractivity contribution is -0.137. The van der Waals surface area contributed by atoms with Crippen LogP contribution in [0.15, 0.2) is 30.3 Å². The maximum atomic E-state index is 13.2. The second-order valence-corrected chi connectivity index (χ2v) is 7.56. The van der Waals surface area contributed by atoms with Gasteiger partial charge in [-0.2, -0.15) is 13.2 Å². The number of hydrogen-bond donors (Lipinski definition) is 2. The molecular formula is C22H25F3N4O2. The normalized spacial score (nSPS) is 12.8. The van der Waals surface area contributed by atoms with Crippen molar-refractivity contribution in [3.63, 3.8) is 0 Å². The lowest BCUT2D eigenvalue weighted by atomic mass is 10.0. The average molecular weight is 434 g/mol. The number of aryl methyl sites for hydroxylation is 1. The molecule has 1 aromatic heterocycles. The average Bonchev–Trinajstić information content (AvgIpc) is 2.66. The van der Waals surface area contributed by atoms with Crippen LogP contribution in [0, 0.1) is 6.92 Å². The summed E-state index contributed by atoms with van der Waals surface area (Å²) in [6, 6.07) is 6.53. The van der Waals surface area contributed by atoms with Gasteiger partial charge in [0.15, 0.2) is 11.5 Å². The number of anilines is 2. The Kier molecular flexibility index (Phi) is 6.15. The van der Waals surface area contributed by atoms with E-state index < -0.39 is 17.8 Å². The van der Waals surface area contributed by atoms with Gasteiger partial charge in [0, 0.05) is 17.1 Å². The number of nitrogens with zero attached hydrogens (tertiary/aromatic N) is 2. The van der Waals surface area contributed by atoms with Crippen molar-refractivity contribution >= 4 is 22.4 Å². The number of aromatic nitrogens is 2. The molecule has 3 aromatic rings. The highest BCUT2D eigenvalue weighted by Gasteiger charge is 2.31. The van der Waals surface area contributed by atoms with Crippen LogP contribution >= 0.6 is 0 Å². The standard InChI is InChI=1S/C22H25F3N4O2/c1-11(2)31-20-9-17-18(10-19(20)30-5)28-13(4)29-21(17)27-12(3)14-6-15(22(23,24)25)8-16(26)7-14/h6-12H,26H2,1-5H3,(H,27,28,29)/t12-/m1/s1. The van der Waals surface area contributed by atoms with E-state index in [1.807, 2.05) is 13.8 Å². The number of nitrogens with one attached hydrogen (secondary N) is 1. The Labute approximate surface area is 178 Å². The molecule has 0 unspecified atom stereocenters. The largest absolute Gasteiger partial charge is 0.493 e. The Morgan fingerprint density at radius 3 is 2.32 bits per heavy atom. The van der Waals surface area contributed by atoms with Crippen molar-refractivity contribution in [2.45, 2.75) is 46.0 Å². The summed E-state index contributed by atoms with van der Waals surface area (Å²) in [6.45, 7) is 7.28. The van der Waals surface area contributed by atoms with Gasteiger partial charge in [-0.3, -0.25) is 0 Å². The number of benzene rings is 2. The summed E-state index contributed by atoms with van der Waals surface area (Å²) in [5.74, 6) is 2.04. The van der Waals surface area contributed by atoms with Crippen LogP contribution < -0.4 is 20.5 Å². The summed E-state index contributed by atoms with van der Waals surface area (Å²) in [4.78, 5) is 8.91. The predicted molar refractivity (Wildman–Crippen MR) is 114 cm³/mol. The maximum Gasteiger partial charge on any atom is 0.416 e. The first kappa shape index (κ1) is 22.5. The molecule has 1 atom stereocenters. The van der Waals surface area contributed by atoms with Crippen molar-refractivity contribution in [3.05, 3.63) is 47.3 Å². The molecular weight excluding hydrogens is 409 g/mol. The summed E-state index contributed by atoms with van der Waals surface area (Å²) >= 11 is 0. The Morgan fingerprint density at radius 1 is 1.00 bits per heavy atom. The molecule has 0 aliphatic rings. The number of fused-ring (bicyclic) bond motifs is 1. The molecule has 6 nitrogen and oxygen atoms in total. The Morgan fingerprint density at radius 2 is 1.71 bits per heavy atom. The molecule has 0 aliphatic heterocycles. The van der Waals surface area contributed by atoms with E-state index in [1.54, 1.807) is 33.1 Å². The lowest BCUT2D eigenvalue weighted by Crippen LogP contribution is -2.13. The lowest BCUT2D eigenvalue weighted by Gasteiger charge is -2.20. The highest BCUT2D eigenvalue weighted by atomic mass is 19.4. The second-order valence-electron chi connectivity index (χ2n) is 7.56. The number of halogens is 3. The quantitative estimate of drug-likeness (QED) is 0.498. The van der Waals surface area contributed by atoms with Gasteiger partial charge in [0.25, 0.3) is 0 Å². The monoisotopic (exact) mass is 434 g/mol. The molecule has 0 spiro atoms. The topological polar surface area (TPSA) is 82.3 Å². The third-order valence-electron chi connectivity index (χ3n) is 4.61. The Hall–Kier alpha value is -3.23. The molecule has 1 heterocycles. The number of methoxy groups -OCH3 is 1. The second kappa shape index (κ2) is 8.49. The van der Waals surface area contributed by atoms with Crippen LogP contribution in [0.3, 0.4) is 0 Å². The van der Waals surface area contributed by atoms with Gasteiger partial charge < -0.3 is 20.5 Å². The third kappa shape index (κ3) is 5.10. The van der Waals surface area contributed by atoms with Gasteiger partial charge in [-0.15, -0.1) is 0 Å². The predicted octanol–water partition coefficient (Wildman–Crippen LogP) is 5.51. The van der Waals surface area contributed by atoms with Crippen LogP contribution in [0.4, 0.5) is 24.7 Å². The Bertz CT molecular complexity index is 1100. The molecule has 2 aromatic carbocycles. The van der Waals surface area contributed by atoms with Gasteiger partial charge >= 0.3 is 6.18 Å². The number of rotatable bonds is 6. The molecule has 166 valence electrons. The minimum absolute atomic E-state index is 0.0413. The smallest absolute Gasteiger partial charge is 0.416 e. The van der Waals surface area contributed by atoms with Gasteiger partial charge in [-0.25, -0.2) is 9.97 Å². The summed E-state index contributed by atoms with van der Waals surface area (Å²) in [6.07, 6.45) is -4.57. The fourth-order valence-corrected chi connectivity index (χ4v) is 3.25. The van der Waals surface area contributed by atoms with E-state index in [-0.39, 0.29) is 11.8 Å². The first-order valence-corrected chi connectivity index (χ1v) is 9.75. The number of nitrogen functional groups attached to an aromatic ring is 1. The van der Waals surface area contributed by atoms with Crippen molar-refractivity contribution in [1.29, 1.82) is 0 Å². The molecule has 0 saturated carbocycles. The fourth-order valence-electron chi connectivity index (χ4n) is 3.25. The molecule has 3 N–H and O–H groups in total. The van der Waals surface area contributed by atoms with Gasteiger partial charge in [-0.1, -0.05) is 0 Å². The van der Waals surface area contributed by atoms with Crippen LogP contribution in [-0.4, -0.2) is 23.2 Å². The minimum Gasteiger partial charge on any atom is -0.493 e. The summed E-state index contributed by atoms with van der Waals surface area (Å²) < 4.78 is 50.8. The van der Waals surface area contributed by atoms with E-state index in [0.29, 0.717) is 39.6 Å². The molecule has 0 bridgehead atoms. The molecule has 0 fully saturated rings. The van der Waals surface area contributed by atoms with Gasteiger partial charge in [-0.05, 0) is 57.5 Å². The third-order valence-corrected chi connectivity index (χ3v) is 4.61. The number of alkyl halides is 3. The number of nitrogens with two attached hydrogens (primary N) is 1. The highest BCUT2D eigenvalue weighted by Crippen LogP contribution is 2.37. The van der Waals surface area contributed by atoms with Crippen LogP contribution in [0.25, 0.3) is 10.9 Å². The zero-order valence-electron chi connectivity index (χ0n) is 18.0. The first-order valence-electron chi connectivity index (χ1n) is 9.75. The molecule has 0 amide bonds. The van der Waals surface area contributed by atoms with Gasteiger partial charge in [0.05, 0.1) is 30.3 Å². The molecule has 0 saturated heterocycles. The molecule has 3 rings (SSSR count). The first-order chi connectivity index (χ1) is 14.5. The summed E-state index contributed by atoms with van der Waals surface area (Å²) in [5, 5.41) is 3.86. The fraction of sp³-hybridized carbons (Fsp3) is 0.364. The van der Waals surface area contributed by atoms with Gasteiger partial charge in [0.1, 0.15) is 11.6 Å². The molecule has 9 heteroatoms. The number of hydrogen-bond acceptors (Lipinski definition) is 6. The summed E-state index contributed by atoms with van der Waals surface area (Å²) in [5.41, 5.74) is 5.98. The van der Waals surface area contributed by atoms with Crippen molar-refractivity contribution in [2.24, 2.45) is 0 Å². The van der Waals surface area contributed by atoms with Crippen molar-refractivity contribution in [2.75, 3.05) is 18.2 Å². The van der Waals surface area contributed by atoms with Crippen molar-refractivity contribution in [3.8, 4) is 11.5 Å². The molecule has 0 radical (unpaired) electrons.